The number of carbonyl (C=O) groups excluding carboxylic acids is 1. The van der Waals surface area contributed by atoms with E-state index in [0.717, 1.165) is 44.3 Å². The van der Waals surface area contributed by atoms with E-state index >= 15 is 0 Å². The molecule has 3 aromatic carbocycles. The fourth-order valence-corrected chi connectivity index (χ4v) is 4.67. The van der Waals surface area contributed by atoms with Gasteiger partial charge in [0.15, 0.2) is 0 Å². The molecule has 0 atom stereocenters. The van der Waals surface area contributed by atoms with Crippen LogP contribution in [-0.4, -0.2) is 20.9 Å². The van der Waals surface area contributed by atoms with Crippen molar-refractivity contribution in [2.24, 2.45) is 0 Å². The van der Waals surface area contributed by atoms with Gasteiger partial charge in [-0.15, -0.1) is 0 Å². The fourth-order valence-electron chi connectivity index (χ4n) is 4.67. The molecule has 0 saturated carbocycles. The minimum Gasteiger partial charge on any atom is -0.545 e. The van der Waals surface area contributed by atoms with E-state index in [9.17, 15) is 9.90 Å². The molecule has 0 aliphatic rings. The number of pyridine rings is 3. The Hall–Kier alpha value is -4.56. The van der Waals surface area contributed by atoms with Crippen molar-refractivity contribution in [2.45, 2.75) is 0 Å². The number of fused-ring (bicyclic) bond motifs is 1. The van der Waals surface area contributed by atoms with Crippen molar-refractivity contribution in [1.82, 2.24) is 15.0 Å². The first-order valence-corrected chi connectivity index (χ1v) is 11.8. The fraction of sp³-hybridized carbons (Fsp3) is 0. The van der Waals surface area contributed by atoms with Crippen LogP contribution in [0.5, 0.6) is 0 Å². The van der Waals surface area contributed by atoms with Gasteiger partial charge in [-0.25, -0.2) is 0 Å². The second-order valence-electron chi connectivity index (χ2n) is 8.67. The monoisotopic (exact) mass is 485 g/mol. The smallest absolute Gasteiger partial charge is 0.545 e. The summed E-state index contributed by atoms with van der Waals surface area (Å²) in [5.74, 6) is -1.26. The van der Waals surface area contributed by atoms with E-state index in [1.54, 1.807) is 24.8 Å². The van der Waals surface area contributed by atoms with Crippen molar-refractivity contribution in [3.05, 3.63) is 128 Å². The summed E-state index contributed by atoms with van der Waals surface area (Å²) in [7, 11) is 0. The number of hydrogen-bond donors (Lipinski definition) is 0. The summed E-state index contributed by atoms with van der Waals surface area (Å²) in [4.78, 5) is 25.2. The predicted molar refractivity (Wildman–Crippen MR) is 143 cm³/mol. The largest absolute Gasteiger partial charge is 1.00 e. The van der Waals surface area contributed by atoms with E-state index in [1.807, 2.05) is 97.2 Å². The predicted octanol–water partition coefficient (Wildman–Crippen LogP) is 3.06. The zero-order valence-corrected chi connectivity index (χ0v) is 20.7. The molecule has 0 fully saturated rings. The number of rotatable bonds is 5. The van der Waals surface area contributed by atoms with Crippen LogP contribution in [0.1, 0.15) is 10.4 Å². The zero-order valence-electron chi connectivity index (χ0n) is 20.7. The maximum atomic E-state index is 12.4. The Kier molecular flexibility index (Phi) is 7.15. The maximum Gasteiger partial charge on any atom is 1.00 e. The number of aromatic nitrogens is 3. The molecule has 3 aromatic heterocycles. The van der Waals surface area contributed by atoms with Crippen molar-refractivity contribution in [3.63, 3.8) is 0 Å². The quantitative estimate of drug-likeness (QED) is 0.351. The van der Waals surface area contributed by atoms with Crippen molar-refractivity contribution < 1.29 is 28.8 Å². The van der Waals surface area contributed by atoms with Crippen LogP contribution in [0.2, 0.25) is 0 Å². The first-order chi connectivity index (χ1) is 18.2. The zero-order chi connectivity index (χ0) is 25.2. The minimum absolute atomic E-state index is 0. The summed E-state index contributed by atoms with van der Waals surface area (Å²) < 4.78 is 0. The molecule has 6 aromatic rings. The van der Waals surface area contributed by atoms with Gasteiger partial charge < -0.3 is 9.90 Å². The second kappa shape index (κ2) is 10.8. The Morgan fingerprint density at radius 1 is 0.579 bits per heavy atom. The number of hydrogen-bond acceptors (Lipinski definition) is 5. The van der Waals surface area contributed by atoms with Crippen LogP contribution in [0.25, 0.3) is 55.4 Å². The summed E-state index contributed by atoms with van der Waals surface area (Å²) in [6, 6.07) is 29.4. The van der Waals surface area contributed by atoms with Crippen LogP contribution in [0, 0.1) is 0 Å². The van der Waals surface area contributed by atoms with Crippen LogP contribution in [-0.2, 0) is 0 Å². The van der Waals surface area contributed by atoms with E-state index in [-0.39, 0.29) is 24.4 Å². The van der Waals surface area contributed by atoms with Gasteiger partial charge in [-0.2, -0.15) is 0 Å². The number of carbonyl (C=O) groups is 1. The van der Waals surface area contributed by atoms with Gasteiger partial charge in [-0.05, 0) is 68.8 Å². The molecule has 0 aliphatic carbocycles. The van der Waals surface area contributed by atoms with Crippen LogP contribution >= 0.6 is 0 Å². The molecule has 0 bridgehead atoms. The molecule has 176 valence electrons. The molecular weight excluding hydrogens is 465 g/mol. The molecule has 0 N–H and O–H groups in total. The topological polar surface area (TPSA) is 78.8 Å². The molecule has 6 rings (SSSR count). The SMILES string of the molecule is O=C([O-])c1c(-c2ccc(-c3cccnc3)cc2)cc(-c2ccc(-c3cccnc3)cc2)c2cccnc12.[Li+]. The van der Waals surface area contributed by atoms with Gasteiger partial charge in [0.1, 0.15) is 0 Å². The van der Waals surface area contributed by atoms with Gasteiger partial charge in [-0.3, -0.25) is 15.0 Å². The van der Waals surface area contributed by atoms with Crippen LogP contribution in [0.3, 0.4) is 0 Å². The Morgan fingerprint density at radius 3 is 1.58 bits per heavy atom. The molecule has 0 saturated heterocycles. The van der Waals surface area contributed by atoms with Crippen molar-refractivity contribution >= 4 is 16.9 Å². The molecule has 0 aliphatic heterocycles. The van der Waals surface area contributed by atoms with Gasteiger partial charge >= 0.3 is 18.9 Å². The third-order valence-electron chi connectivity index (χ3n) is 6.48. The summed E-state index contributed by atoms with van der Waals surface area (Å²) in [6.07, 6.45) is 8.72. The van der Waals surface area contributed by atoms with E-state index in [0.29, 0.717) is 11.1 Å². The number of carboxylic acid groups (broad SMARTS) is 1. The Morgan fingerprint density at radius 2 is 1.08 bits per heavy atom. The molecule has 3 heterocycles. The van der Waals surface area contributed by atoms with Gasteiger partial charge in [0.05, 0.1) is 11.5 Å². The second-order valence-corrected chi connectivity index (χ2v) is 8.67. The van der Waals surface area contributed by atoms with E-state index < -0.39 is 5.97 Å². The number of benzene rings is 3. The average Bonchev–Trinajstić information content (AvgIpc) is 2.97. The third kappa shape index (κ3) is 4.73. The summed E-state index contributed by atoms with van der Waals surface area (Å²) in [6.45, 7) is 0. The van der Waals surface area contributed by atoms with Crippen molar-refractivity contribution in [3.8, 4) is 44.5 Å². The molecule has 38 heavy (non-hydrogen) atoms. The molecule has 0 amide bonds. The first kappa shape index (κ1) is 25.1. The first-order valence-electron chi connectivity index (χ1n) is 11.8. The van der Waals surface area contributed by atoms with E-state index in [2.05, 4.69) is 15.0 Å². The molecule has 5 nitrogen and oxygen atoms in total. The minimum atomic E-state index is -1.26. The molecule has 0 spiro atoms. The molecule has 0 radical (unpaired) electrons. The van der Waals surface area contributed by atoms with Crippen LogP contribution < -0.4 is 24.0 Å². The Labute approximate surface area is 232 Å². The normalized spacial score (nSPS) is 10.6. The molecule has 6 heteroatoms. The van der Waals surface area contributed by atoms with Crippen LogP contribution in [0.4, 0.5) is 0 Å². The van der Waals surface area contributed by atoms with Gasteiger partial charge in [0.2, 0.25) is 0 Å². The number of carboxylic acids is 1. The Bertz CT molecular complexity index is 1720. The standard InChI is InChI=1S/C32H21N3O2.Li/c36-32(37)30-29(24-13-9-22(10-14-24)26-5-2-16-34-20-26)18-28(27-6-3-17-35-31(27)30)23-11-7-21(8-12-23)25-4-1-15-33-19-25;/h1-20H,(H,36,37);/q;+1/p-1. The van der Waals surface area contributed by atoms with Crippen molar-refractivity contribution in [1.29, 1.82) is 0 Å². The van der Waals surface area contributed by atoms with Gasteiger partial charge in [-0.1, -0.05) is 66.7 Å². The Balaban J connectivity index is 0.00000294. The third-order valence-corrected chi connectivity index (χ3v) is 6.48. The van der Waals surface area contributed by atoms with Gasteiger partial charge in [0.25, 0.3) is 0 Å². The van der Waals surface area contributed by atoms with E-state index in [1.165, 1.54) is 0 Å². The van der Waals surface area contributed by atoms with Crippen LogP contribution in [0.15, 0.2) is 122 Å². The van der Waals surface area contributed by atoms with E-state index in [4.69, 9.17) is 0 Å². The van der Waals surface area contributed by atoms with Gasteiger partial charge in [0, 0.05) is 41.9 Å². The summed E-state index contributed by atoms with van der Waals surface area (Å²) in [5, 5.41) is 13.1. The summed E-state index contributed by atoms with van der Waals surface area (Å²) in [5.41, 5.74) is 7.76. The number of nitrogens with zero attached hydrogens (tertiary/aromatic N) is 3. The van der Waals surface area contributed by atoms with Crippen molar-refractivity contribution in [2.75, 3.05) is 0 Å². The summed E-state index contributed by atoms with van der Waals surface area (Å²) >= 11 is 0. The average molecular weight is 485 g/mol. The molecular formula is C32H20LiN3O2. The molecule has 0 unspecified atom stereocenters. The maximum absolute atomic E-state index is 12.4. The number of aromatic carboxylic acids is 1.